The number of nitrogens with one attached hydrogen (secondary N) is 1. The summed E-state index contributed by atoms with van der Waals surface area (Å²) < 4.78 is 11.4. The van der Waals surface area contributed by atoms with Gasteiger partial charge in [0.05, 0.1) is 6.54 Å². The first kappa shape index (κ1) is 26.6. The summed E-state index contributed by atoms with van der Waals surface area (Å²) >= 11 is 0. The number of benzene rings is 1. The van der Waals surface area contributed by atoms with Crippen molar-refractivity contribution in [1.29, 1.82) is 0 Å². The summed E-state index contributed by atoms with van der Waals surface area (Å²) in [5.41, 5.74) is 2.27. The third kappa shape index (κ3) is 4.53. The second-order valence-electron chi connectivity index (χ2n) is 11.7. The zero-order chi connectivity index (χ0) is 29.8. The molecule has 12 nitrogen and oxygen atoms in total. The van der Waals surface area contributed by atoms with Crippen molar-refractivity contribution >= 4 is 45.3 Å². The summed E-state index contributed by atoms with van der Waals surface area (Å²) in [5.74, 6) is 1.70. The van der Waals surface area contributed by atoms with Gasteiger partial charge in [0.15, 0.2) is 29.6 Å². The number of pyridine rings is 1. The Hall–Kier alpha value is -4.97. The maximum atomic E-state index is 13.6. The number of nitrogens with zero attached hydrogens (tertiary/aromatic N) is 8. The zero-order valence-corrected chi connectivity index (χ0v) is 24.5. The van der Waals surface area contributed by atoms with E-state index in [9.17, 15) is 9.59 Å². The molecule has 12 heteroatoms. The van der Waals surface area contributed by atoms with Crippen LogP contribution in [0.2, 0.25) is 0 Å². The van der Waals surface area contributed by atoms with Gasteiger partial charge in [-0.25, -0.2) is 19.3 Å². The number of anilines is 3. The smallest absolute Gasteiger partial charge is 0.278 e. The quantitative estimate of drug-likeness (QED) is 0.313. The number of hydrogen-bond acceptors (Lipinski definition) is 8. The van der Waals surface area contributed by atoms with E-state index in [2.05, 4.69) is 51.2 Å². The highest BCUT2D eigenvalue weighted by Crippen LogP contribution is 2.33. The summed E-state index contributed by atoms with van der Waals surface area (Å²) in [4.78, 5) is 44.5. The first-order valence-electron chi connectivity index (χ1n) is 15.2. The Kier molecular flexibility index (Phi) is 6.44. The Labute approximate surface area is 253 Å². The minimum Gasteiger partial charge on any atom is -0.480 e. The lowest BCUT2D eigenvalue weighted by atomic mass is 10.1. The van der Waals surface area contributed by atoms with E-state index < -0.39 is 0 Å². The number of ether oxygens (including phenoxy) is 1. The molecule has 5 aromatic rings. The van der Waals surface area contributed by atoms with Crippen molar-refractivity contribution in [2.75, 3.05) is 43.5 Å². The molecule has 1 unspecified atom stereocenters. The van der Waals surface area contributed by atoms with Gasteiger partial charge >= 0.3 is 0 Å². The molecule has 0 saturated carbocycles. The fraction of sp³-hybridized carbons (Fsp3) is 0.344. The third-order valence-corrected chi connectivity index (χ3v) is 8.79. The predicted octanol–water partition coefficient (Wildman–Crippen LogP) is 4.02. The van der Waals surface area contributed by atoms with Crippen LogP contribution in [-0.2, 0) is 11.3 Å². The number of likely N-dealkylation sites (N-methyl/N-ethyl adjacent to an activating group) is 1. The normalized spacial score (nSPS) is 19.7. The van der Waals surface area contributed by atoms with Crippen molar-refractivity contribution in [2.45, 2.75) is 38.3 Å². The van der Waals surface area contributed by atoms with Crippen LogP contribution in [0.15, 0.2) is 65.7 Å². The highest BCUT2D eigenvalue weighted by atomic mass is 16.5. The number of carbonyl (C=O) groups excluding carboxylic acids is 1. The molecule has 4 aromatic heterocycles. The molecule has 1 amide bonds. The summed E-state index contributed by atoms with van der Waals surface area (Å²) in [6.07, 6.45) is 11.7. The topological polar surface area (TPSA) is 115 Å². The predicted molar refractivity (Wildman–Crippen MR) is 168 cm³/mol. The molecule has 2 bridgehead atoms. The Morgan fingerprint density at radius 3 is 2.86 bits per heavy atom. The fourth-order valence-electron chi connectivity index (χ4n) is 6.62. The van der Waals surface area contributed by atoms with Gasteiger partial charge in [0.25, 0.3) is 11.5 Å². The lowest BCUT2D eigenvalue weighted by molar-refractivity contribution is -0.121. The van der Waals surface area contributed by atoms with Gasteiger partial charge in [0.1, 0.15) is 5.39 Å². The van der Waals surface area contributed by atoms with Crippen LogP contribution in [0.4, 0.5) is 17.5 Å². The number of hydrogen-bond donors (Lipinski definition) is 1. The van der Waals surface area contributed by atoms with Crippen LogP contribution in [0, 0.1) is 0 Å². The van der Waals surface area contributed by atoms with Gasteiger partial charge in [-0.05, 0) is 75.7 Å². The molecule has 224 valence electrons. The molecule has 0 aliphatic carbocycles. The molecule has 8 rings (SSSR count). The average Bonchev–Trinajstić information content (AvgIpc) is 3.57. The number of aromatic nitrogens is 6. The molecule has 3 aliphatic heterocycles. The van der Waals surface area contributed by atoms with Crippen molar-refractivity contribution in [3.8, 4) is 11.6 Å². The number of rotatable bonds is 3. The van der Waals surface area contributed by atoms with Gasteiger partial charge in [-0.2, -0.15) is 4.98 Å². The highest BCUT2D eigenvalue weighted by Gasteiger charge is 2.28. The molecular formula is C32H33N9O3. The molecule has 1 atom stereocenters. The Morgan fingerprint density at radius 2 is 1.95 bits per heavy atom. The van der Waals surface area contributed by atoms with E-state index in [-0.39, 0.29) is 18.1 Å². The van der Waals surface area contributed by atoms with Crippen molar-refractivity contribution in [3.63, 3.8) is 0 Å². The molecule has 0 radical (unpaired) electrons. The Balaban J connectivity index is 1.18. The second-order valence-corrected chi connectivity index (χ2v) is 11.7. The molecule has 1 saturated heterocycles. The fourth-order valence-corrected chi connectivity index (χ4v) is 6.62. The Bertz CT molecular complexity index is 2010. The lowest BCUT2D eigenvalue weighted by Gasteiger charge is -2.31. The molecule has 0 spiro atoms. The summed E-state index contributed by atoms with van der Waals surface area (Å²) in [5, 5.41) is 4.87. The molecule has 44 heavy (non-hydrogen) atoms. The van der Waals surface area contributed by atoms with Crippen molar-refractivity contribution in [2.24, 2.45) is 0 Å². The minimum absolute atomic E-state index is 0.0162. The monoisotopic (exact) mass is 591 g/mol. The van der Waals surface area contributed by atoms with Crippen LogP contribution in [0.5, 0.6) is 5.75 Å². The molecule has 1 N–H and O–H groups in total. The van der Waals surface area contributed by atoms with E-state index >= 15 is 0 Å². The van der Waals surface area contributed by atoms with Crippen molar-refractivity contribution in [3.05, 3.63) is 71.3 Å². The van der Waals surface area contributed by atoms with Crippen LogP contribution in [0.3, 0.4) is 0 Å². The SMILES string of the molecule is CN1CCCC(n2ccc3cc(Nc4ncc5c(=O)n6n(c5n4)-c4ccc5c(n4)N(CCC/C=C\C6)C(=O)CO5)ccc32)C1. The standard InChI is InChI=1S/C32H33N9O3/c1-37-13-6-7-23(19-37)38-16-12-21-17-22(8-9-25(21)38)34-32-33-18-24-29(36-32)41-27-11-10-26-30(35-27)39(28(42)20-44-26)14-4-2-3-5-15-40(41)31(24)43/h3,5,8-12,16-18,23H,2,4,6-7,13-15,19-20H2,1H3,(H,33,34,36)/b5-3-. The molecule has 7 heterocycles. The average molecular weight is 592 g/mol. The van der Waals surface area contributed by atoms with E-state index in [0.717, 1.165) is 37.0 Å². The van der Waals surface area contributed by atoms with Crippen molar-refractivity contribution < 1.29 is 9.53 Å². The van der Waals surface area contributed by atoms with Crippen LogP contribution in [0.1, 0.15) is 31.7 Å². The van der Waals surface area contributed by atoms with Crippen LogP contribution in [0.25, 0.3) is 27.8 Å². The number of amides is 1. The number of allylic oxidation sites excluding steroid dienone is 2. The lowest BCUT2D eigenvalue weighted by Crippen LogP contribution is -2.40. The Morgan fingerprint density at radius 1 is 1.02 bits per heavy atom. The van der Waals surface area contributed by atoms with Gasteiger partial charge in [-0.3, -0.25) is 14.5 Å². The largest absolute Gasteiger partial charge is 0.480 e. The first-order valence-corrected chi connectivity index (χ1v) is 15.2. The zero-order valence-electron chi connectivity index (χ0n) is 24.5. The third-order valence-electron chi connectivity index (χ3n) is 8.79. The summed E-state index contributed by atoms with van der Waals surface area (Å²) in [7, 11) is 2.18. The van der Waals surface area contributed by atoms with E-state index in [4.69, 9.17) is 14.7 Å². The maximum absolute atomic E-state index is 13.6. The number of piperidine rings is 1. The second kappa shape index (κ2) is 10.6. The van der Waals surface area contributed by atoms with E-state index in [0.29, 0.717) is 53.5 Å². The van der Waals surface area contributed by atoms with Gasteiger partial charge in [0, 0.05) is 48.1 Å². The summed E-state index contributed by atoms with van der Waals surface area (Å²) in [6, 6.07) is 12.5. The van der Waals surface area contributed by atoms with Crippen molar-refractivity contribution in [1.82, 2.24) is 33.8 Å². The van der Waals surface area contributed by atoms with E-state index in [1.54, 1.807) is 32.6 Å². The number of likely N-dealkylation sites (tertiary alicyclic amines) is 1. The van der Waals surface area contributed by atoms with Gasteiger partial charge in [0.2, 0.25) is 5.95 Å². The maximum Gasteiger partial charge on any atom is 0.278 e. The molecular weight excluding hydrogens is 558 g/mol. The highest BCUT2D eigenvalue weighted by molar-refractivity contribution is 5.96. The number of fused-ring (bicyclic) bond motifs is 6. The molecule has 3 aliphatic rings. The van der Waals surface area contributed by atoms with Crippen LogP contribution in [-0.4, -0.2) is 73.0 Å². The van der Waals surface area contributed by atoms with Gasteiger partial charge in [-0.15, -0.1) is 0 Å². The summed E-state index contributed by atoms with van der Waals surface area (Å²) in [6.45, 7) is 3.07. The van der Waals surface area contributed by atoms with E-state index in [1.165, 1.54) is 18.4 Å². The van der Waals surface area contributed by atoms with Crippen LogP contribution < -0.4 is 20.5 Å². The van der Waals surface area contributed by atoms with Gasteiger partial charge < -0.3 is 19.5 Å². The molecule has 1 aromatic carbocycles. The first-order chi connectivity index (χ1) is 21.5. The van der Waals surface area contributed by atoms with Gasteiger partial charge in [-0.1, -0.05) is 12.2 Å². The van der Waals surface area contributed by atoms with E-state index in [1.807, 2.05) is 18.2 Å². The van der Waals surface area contributed by atoms with Crippen LogP contribution >= 0.6 is 0 Å². The number of carbonyl (C=O) groups is 1. The minimum atomic E-state index is -0.215. The molecule has 1 fully saturated rings.